The van der Waals surface area contributed by atoms with E-state index in [4.69, 9.17) is 0 Å². The largest absolute Gasteiger partial charge is 0.324 e. The maximum Gasteiger partial charge on any atom is 0.303 e. The first-order valence-electron chi connectivity index (χ1n) is 8.12. The molecular formula is C19H20BN3. The average Bonchev–Trinajstić information content (AvgIpc) is 2.97. The second-order valence-electron chi connectivity index (χ2n) is 6.06. The van der Waals surface area contributed by atoms with Crippen molar-refractivity contribution in [3.05, 3.63) is 78.5 Å². The van der Waals surface area contributed by atoms with Crippen LogP contribution in [0.4, 0.5) is 11.4 Å². The molecule has 0 aromatic heterocycles. The van der Waals surface area contributed by atoms with E-state index in [1.165, 1.54) is 16.9 Å². The number of fused-ring (bicyclic) bond motifs is 1. The van der Waals surface area contributed by atoms with Crippen LogP contribution >= 0.6 is 0 Å². The quantitative estimate of drug-likeness (QED) is 0.768. The van der Waals surface area contributed by atoms with E-state index in [2.05, 4.69) is 108 Å². The van der Waals surface area contributed by atoms with E-state index in [0.29, 0.717) is 6.85 Å². The van der Waals surface area contributed by atoms with Gasteiger partial charge in [-0.1, -0.05) is 55.3 Å². The van der Waals surface area contributed by atoms with Gasteiger partial charge in [0.05, 0.1) is 5.69 Å². The standard InChI is InChI=1S/C19H20BN3/c1-16-21(18-9-4-3-5-10-18)14-15-22(16)23-19-11-7-6-8-17(19)12-13-20(23)2/h3-16H,1-2H3/t16-/m0/s1. The van der Waals surface area contributed by atoms with Crippen LogP contribution in [0.1, 0.15) is 12.5 Å². The van der Waals surface area contributed by atoms with E-state index in [0.717, 1.165) is 0 Å². The lowest BCUT2D eigenvalue weighted by molar-refractivity contribution is 0.335. The summed E-state index contributed by atoms with van der Waals surface area (Å²) in [5.41, 5.74) is 3.74. The third kappa shape index (κ3) is 2.31. The Morgan fingerprint density at radius 2 is 1.65 bits per heavy atom. The van der Waals surface area contributed by atoms with Gasteiger partial charge in [-0.15, -0.1) is 0 Å². The summed E-state index contributed by atoms with van der Waals surface area (Å²) < 4.78 is 0. The number of nitrogens with zero attached hydrogens (tertiary/aromatic N) is 3. The van der Waals surface area contributed by atoms with Gasteiger partial charge >= 0.3 is 6.85 Å². The molecule has 0 amide bonds. The zero-order chi connectivity index (χ0) is 15.8. The molecule has 2 aromatic rings. The predicted octanol–water partition coefficient (Wildman–Crippen LogP) is 4.23. The minimum atomic E-state index is 0.236. The van der Waals surface area contributed by atoms with Gasteiger partial charge in [-0.05, 0) is 30.7 Å². The van der Waals surface area contributed by atoms with Gasteiger partial charge in [0, 0.05) is 18.1 Å². The molecule has 1 atom stereocenters. The fourth-order valence-electron chi connectivity index (χ4n) is 3.39. The van der Waals surface area contributed by atoms with E-state index in [-0.39, 0.29) is 6.17 Å². The number of benzene rings is 2. The van der Waals surface area contributed by atoms with Crippen molar-refractivity contribution in [2.24, 2.45) is 0 Å². The lowest BCUT2D eigenvalue weighted by Gasteiger charge is -2.43. The van der Waals surface area contributed by atoms with Crippen molar-refractivity contribution in [3.63, 3.8) is 0 Å². The van der Waals surface area contributed by atoms with Crippen molar-refractivity contribution in [2.75, 3.05) is 9.82 Å². The highest BCUT2D eigenvalue weighted by atomic mass is 15.7. The van der Waals surface area contributed by atoms with Crippen molar-refractivity contribution >= 4 is 24.3 Å². The van der Waals surface area contributed by atoms with Crippen LogP contribution in [0, 0.1) is 0 Å². The summed E-state index contributed by atoms with van der Waals surface area (Å²) in [5.74, 6) is 2.26. The number of hydrogen-bond acceptors (Lipinski definition) is 3. The van der Waals surface area contributed by atoms with E-state index < -0.39 is 0 Å². The molecule has 0 radical (unpaired) electrons. The summed E-state index contributed by atoms with van der Waals surface area (Å²) >= 11 is 0. The summed E-state index contributed by atoms with van der Waals surface area (Å²) in [7, 11) is 0. The highest BCUT2D eigenvalue weighted by molar-refractivity contribution is 6.68. The third-order valence-corrected chi connectivity index (χ3v) is 4.59. The molecule has 0 aliphatic carbocycles. The van der Waals surface area contributed by atoms with Crippen LogP contribution in [0.3, 0.4) is 0 Å². The Balaban J connectivity index is 1.67. The van der Waals surface area contributed by atoms with Crippen LogP contribution in [-0.2, 0) is 0 Å². The number of para-hydroxylation sites is 2. The molecule has 2 heterocycles. The van der Waals surface area contributed by atoms with E-state index >= 15 is 0 Å². The maximum absolute atomic E-state index is 2.37. The van der Waals surface area contributed by atoms with Crippen molar-refractivity contribution in [3.8, 4) is 0 Å². The minimum absolute atomic E-state index is 0.236. The van der Waals surface area contributed by atoms with Crippen LogP contribution < -0.4 is 9.82 Å². The Morgan fingerprint density at radius 1 is 0.913 bits per heavy atom. The summed E-state index contributed by atoms with van der Waals surface area (Å²) in [6, 6.07) is 19.1. The number of hydrazine groups is 1. The first-order chi connectivity index (χ1) is 11.3. The normalized spacial score (nSPS) is 19.5. The van der Waals surface area contributed by atoms with E-state index in [1.807, 2.05) is 0 Å². The fourth-order valence-corrected chi connectivity index (χ4v) is 3.39. The molecule has 4 rings (SSSR count). The first kappa shape index (κ1) is 14.0. The van der Waals surface area contributed by atoms with Crippen molar-refractivity contribution in [2.45, 2.75) is 19.9 Å². The number of rotatable bonds is 2. The number of anilines is 2. The van der Waals surface area contributed by atoms with Crippen molar-refractivity contribution < 1.29 is 0 Å². The van der Waals surface area contributed by atoms with Gasteiger partial charge < -0.3 is 9.82 Å². The Labute approximate surface area is 138 Å². The monoisotopic (exact) mass is 301 g/mol. The molecule has 2 aromatic carbocycles. The zero-order valence-corrected chi connectivity index (χ0v) is 13.5. The molecule has 4 heteroatoms. The third-order valence-electron chi connectivity index (χ3n) is 4.59. The molecule has 2 aliphatic heterocycles. The Morgan fingerprint density at radius 3 is 2.48 bits per heavy atom. The van der Waals surface area contributed by atoms with Gasteiger partial charge in [-0.25, -0.2) is 0 Å². The Kier molecular flexibility index (Phi) is 3.38. The average molecular weight is 301 g/mol. The molecule has 0 saturated heterocycles. The second-order valence-corrected chi connectivity index (χ2v) is 6.06. The predicted molar refractivity (Wildman–Crippen MR) is 98.9 cm³/mol. The fraction of sp³-hybridized carbons (Fsp3) is 0.158. The molecule has 0 bridgehead atoms. The van der Waals surface area contributed by atoms with Gasteiger partial charge in [-0.3, -0.25) is 5.01 Å². The molecule has 0 fully saturated rings. The first-order valence-corrected chi connectivity index (χ1v) is 8.12. The molecule has 3 nitrogen and oxygen atoms in total. The van der Waals surface area contributed by atoms with Gasteiger partial charge in [0.15, 0.2) is 0 Å². The van der Waals surface area contributed by atoms with E-state index in [9.17, 15) is 0 Å². The molecule has 2 aliphatic rings. The highest BCUT2D eigenvalue weighted by Gasteiger charge is 2.33. The Bertz CT molecular complexity index is 756. The maximum atomic E-state index is 2.37. The smallest absolute Gasteiger partial charge is 0.303 e. The zero-order valence-electron chi connectivity index (χ0n) is 13.5. The van der Waals surface area contributed by atoms with Gasteiger partial charge in [-0.2, -0.15) is 0 Å². The van der Waals surface area contributed by atoms with Crippen molar-refractivity contribution in [1.29, 1.82) is 0 Å². The molecule has 0 N–H and O–H groups in total. The summed E-state index contributed by atoms with van der Waals surface area (Å²) in [6.07, 6.45) is 6.78. The summed E-state index contributed by atoms with van der Waals surface area (Å²) in [4.78, 5) is 4.67. The topological polar surface area (TPSA) is 9.72 Å². The Hall–Kier alpha value is -2.62. The minimum Gasteiger partial charge on any atom is -0.324 e. The van der Waals surface area contributed by atoms with Gasteiger partial charge in [0.1, 0.15) is 6.17 Å². The van der Waals surface area contributed by atoms with Crippen molar-refractivity contribution in [1.82, 2.24) is 5.01 Å². The van der Waals surface area contributed by atoms with Crippen LogP contribution in [0.25, 0.3) is 6.08 Å². The molecule has 0 unspecified atom stereocenters. The van der Waals surface area contributed by atoms with E-state index in [1.54, 1.807) is 0 Å². The molecule has 114 valence electrons. The summed E-state index contributed by atoms with van der Waals surface area (Å²) in [6.45, 7) is 4.80. The molecular weight excluding hydrogens is 281 g/mol. The second kappa shape index (κ2) is 5.54. The molecule has 23 heavy (non-hydrogen) atoms. The van der Waals surface area contributed by atoms with Crippen LogP contribution in [-0.4, -0.2) is 18.0 Å². The molecule has 0 spiro atoms. The van der Waals surface area contributed by atoms with Gasteiger partial charge in [0.25, 0.3) is 0 Å². The summed E-state index contributed by atoms with van der Waals surface area (Å²) in [5, 5.41) is 2.32. The number of hydrogen-bond donors (Lipinski definition) is 0. The SMILES string of the molecule is CB1C=Cc2ccccc2N1N1C=CN(c2ccccc2)[C@@H]1C. The lowest BCUT2D eigenvalue weighted by atomic mass is 9.61. The highest BCUT2D eigenvalue weighted by Crippen LogP contribution is 2.33. The van der Waals surface area contributed by atoms with Gasteiger partial charge in [0.2, 0.25) is 0 Å². The van der Waals surface area contributed by atoms with Crippen LogP contribution in [0.5, 0.6) is 0 Å². The molecule has 0 saturated carbocycles. The van der Waals surface area contributed by atoms with Crippen LogP contribution in [0.15, 0.2) is 73.0 Å². The van der Waals surface area contributed by atoms with Crippen LogP contribution in [0.2, 0.25) is 6.82 Å². The lowest BCUT2D eigenvalue weighted by Crippen LogP contribution is -2.53.